The molecule has 0 N–H and O–H groups in total. The molecule has 0 aromatic rings. The van der Waals surface area contributed by atoms with E-state index in [0.29, 0.717) is 23.5 Å². The van der Waals surface area contributed by atoms with Gasteiger partial charge in [0.1, 0.15) is 0 Å². The molecule has 5 heteroatoms. The quantitative estimate of drug-likeness (QED) is 0.349. The number of hydrogen-bond acceptors (Lipinski definition) is 3. The number of halogens is 1. The number of Topliss-reactive ketones (excluding diaryl/α,β-unsaturated/α-hetero) is 1. The molecule has 140 valence electrons. The molecule has 4 aliphatic rings. The third-order valence-corrected chi connectivity index (χ3v) is 15.3. The zero-order valence-electron chi connectivity index (χ0n) is 16.3. The summed E-state index contributed by atoms with van der Waals surface area (Å²) in [5, 5.41) is 0. The Kier molecular flexibility index (Phi) is 5.13. The summed E-state index contributed by atoms with van der Waals surface area (Å²) >= 11 is -1.56. The van der Waals surface area contributed by atoms with E-state index in [-0.39, 0.29) is 22.9 Å². The van der Waals surface area contributed by atoms with E-state index in [1.165, 1.54) is 13.3 Å². The average Bonchev–Trinajstić information content (AvgIpc) is 2.89. The Morgan fingerprint density at radius 3 is 2.50 bits per heavy atom. The molecule has 0 heterocycles. The van der Waals surface area contributed by atoms with Crippen LogP contribution in [-0.4, -0.2) is 17.9 Å². The van der Waals surface area contributed by atoms with E-state index in [1.807, 2.05) is 0 Å². The van der Waals surface area contributed by atoms with Crippen LogP contribution in [0, 0.1) is 28.6 Å². The van der Waals surface area contributed by atoms with E-state index in [1.54, 1.807) is 8.65 Å². The van der Waals surface area contributed by atoms with E-state index < -0.39 is 23.3 Å². The first-order valence-electron chi connectivity index (χ1n) is 10.3. The van der Waals surface area contributed by atoms with Crippen LogP contribution in [0.4, 0.5) is 0 Å². The van der Waals surface area contributed by atoms with Gasteiger partial charge in [-0.05, 0) is 0 Å². The van der Waals surface area contributed by atoms with Crippen molar-refractivity contribution in [3.63, 3.8) is 0 Å². The van der Waals surface area contributed by atoms with Crippen molar-refractivity contribution in [2.75, 3.05) is 0 Å². The Morgan fingerprint density at radius 1 is 1.12 bits per heavy atom. The van der Waals surface area contributed by atoms with Gasteiger partial charge in [0.05, 0.1) is 0 Å². The van der Waals surface area contributed by atoms with Crippen molar-refractivity contribution in [3.05, 3.63) is 8.65 Å². The van der Waals surface area contributed by atoms with Gasteiger partial charge in [0, 0.05) is 0 Å². The number of esters is 1. The second-order valence-corrected chi connectivity index (χ2v) is 16.3. The van der Waals surface area contributed by atoms with Gasteiger partial charge >= 0.3 is 173 Å². The third kappa shape index (κ3) is 2.86. The van der Waals surface area contributed by atoms with Crippen molar-refractivity contribution in [2.24, 2.45) is 28.6 Å². The number of allylic oxidation sites excluding steroid dienone is 1. The van der Waals surface area contributed by atoms with Crippen LogP contribution in [0.25, 0.3) is 0 Å². The fraction of sp³-hybridized carbons (Fsp3) is 0.810. The van der Waals surface area contributed by atoms with Gasteiger partial charge in [-0.25, -0.2) is 0 Å². The molecule has 4 aliphatic carbocycles. The summed E-state index contributed by atoms with van der Waals surface area (Å²) in [5.41, 5.74) is 1.72. The molecule has 0 spiro atoms. The van der Waals surface area contributed by atoms with Gasteiger partial charge in [0.2, 0.25) is 0 Å². The molecule has 0 amide bonds. The van der Waals surface area contributed by atoms with Crippen LogP contribution in [-0.2, 0) is 37.7 Å². The monoisotopic (exact) mass is 566 g/mol. The molecular weight excluding hydrogens is 536 g/mol. The van der Waals surface area contributed by atoms with E-state index in [0.717, 1.165) is 44.9 Å². The van der Waals surface area contributed by atoms with Crippen LogP contribution in [0.15, 0.2) is 8.65 Å². The van der Waals surface area contributed by atoms with Crippen molar-refractivity contribution in [3.8, 4) is 0 Å². The Hall–Kier alpha value is 0.105. The first-order chi connectivity index (χ1) is 12.3. The molecule has 0 aromatic heterocycles. The zero-order valence-corrected chi connectivity index (χ0v) is 22.5. The van der Waals surface area contributed by atoms with E-state index in [9.17, 15) is 9.59 Å². The number of carbonyl (C=O) groups excluding carboxylic acids is 2. The second-order valence-electron chi connectivity index (χ2n) is 9.61. The molecule has 0 aromatic carbocycles. The summed E-state index contributed by atoms with van der Waals surface area (Å²) < 4.78 is 7.17. The molecule has 0 unspecified atom stereocenters. The van der Waals surface area contributed by atoms with Crippen LogP contribution in [0.1, 0.15) is 72.1 Å². The summed E-state index contributed by atoms with van der Waals surface area (Å²) in [5.74, 6) is 2.23. The van der Waals surface area contributed by atoms with Crippen LogP contribution >= 0.6 is 8.25 Å². The van der Waals surface area contributed by atoms with Crippen LogP contribution < -0.4 is 0 Å². The zero-order chi connectivity index (χ0) is 18.7. The van der Waals surface area contributed by atoms with E-state index in [4.69, 9.17) is 13.0 Å². The molecular formula is C21H29ClHgO3. The van der Waals surface area contributed by atoms with Crippen molar-refractivity contribution < 1.29 is 37.7 Å². The molecule has 6 atom stereocenters. The Labute approximate surface area is 172 Å². The summed E-state index contributed by atoms with van der Waals surface area (Å²) in [4.78, 5) is 24.0. The van der Waals surface area contributed by atoms with Gasteiger partial charge < -0.3 is 0 Å². The molecule has 3 fully saturated rings. The van der Waals surface area contributed by atoms with Gasteiger partial charge in [0.25, 0.3) is 0 Å². The van der Waals surface area contributed by atoms with Gasteiger partial charge in [-0.15, -0.1) is 0 Å². The Morgan fingerprint density at radius 2 is 1.81 bits per heavy atom. The molecule has 0 aliphatic heterocycles. The number of carbonyl (C=O) groups is 2. The topological polar surface area (TPSA) is 43.4 Å². The van der Waals surface area contributed by atoms with Crippen molar-refractivity contribution in [2.45, 2.75) is 78.2 Å². The molecule has 4 rings (SSSR count). The summed E-state index contributed by atoms with van der Waals surface area (Å²) in [6, 6.07) is 0. The number of hydrogen-bond donors (Lipinski definition) is 0. The van der Waals surface area contributed by atoms with E-state index in [2.05, 4.69) is 13.8 Å². The van der Waals surface area contributed by atoms with Crippen LogP contribution in [0.5, 0.6) is 0 Å². The van der Waals surface area contributed by atoms with Crippen LogP contribution in [0.2, 0.25) is 0 Å². The molecule has 3 saturated carbocycles. The fourth-order valence-corrected chi connectivity index (χ4v) is 14.0. The Bertz CT molecular complexity index is 674. The van der Waals surface area contributed by atoms with Crippen LogP contribution in [0.3, 0.4) is 0 Å². The van der Waals surface area contributed by atoms with Gasteiger partial charge in [-0.1, -0.05) is 0 Å². The number of fused-ring (bicyclic) bond motifs is 5. The summed E-state index contributed by atoms with van der Waals surface area (Å²) in [6.45, 7) is 6.22. The first-order valence-corrected chi connectivity index (χ1v) is 19.8. The summed E-state index contributed by atoms with van der Waals surface area (Å²) in [7, 11) is 6.64. The average molecular weight is 566 g/mol. The van der Waals surface area contributed by atoms with Gasteiger partial charge in [-0.3, -0.25) is 0 Å². The standard InChI is InChI=1S/C21H29O3.ClH.Hg/c1-13(22)24-15-8-10-20(2)14(12-15)4-5-16-17-6-7-19(23)21(17,3)11-9-18(16)20;;/h15-18H,5-12H2,1-3H3;1H;/q;;+1/p-1/t15-,16+,17+,18+,20+,21+;;/m1../s1. The third-order valence-electron chi connectivity index (χ3n) is 8.47. The maximum atomic E-state index is 12.6. The van der Waals surface area contributed by atoms with Crippen molar-refractivity contribution >= 4 is 20.0 Å². The second kappa shape index (κ2) is 6.86. The van der Waals surface area contributed by atoms with Crippen molar-refractivity contribution in [1.29, 1.82) is 0 Å². The fourth-order valence-electron chi connectivity index (χ4n) is 7.14. The van der Waals surface area contributed by atoms with Crippen molar-refractivity contribution in [1.82, 2.24) is 0 Å². The minimum absolute atomic E-state index is 0.0423. The molecule has 3 nitrogen and oxygen atoms in total. The predicted octanol–water partition coefficient (Wildman–Crippen LogP) is 5.01. The van der Waals surface area contributed by atoms with E-state index >= 15 is 0 Å². The maximum absolute atomic E-state index is 12.6. The molecule has 0 bridgehead atoms. The molecule has 26 heavy (non-hydrogen) atoms. The predicted molar refractivity (Wildman–Crippen MR) is 97.1 cm³/mol. The molecule has 0 saturated heterocycles. The molecule has 0 radical (unpaired) electrons. The Balaban J connectivity index is 1.68. The summed E-state index contributed by atoms with van der Waals surface area (Å²) in [6.07, 6.45) is 8.27. The normalized spacial score (nSPS) is 44.7. The minimum atomic E-state index is -1.56. The van der Waals surface area contributed by atoms with Gasteiger partial charge in [0.15, 0.2) is 0 Å². The SMILES string of the molecule is CC(=O)O[C@@H]1CC[C@@]2(C)C(=[C]([Hg][Cl])C[C@@H]3[C@@H]2CC[C@]2(C)C(=O)CC[C@@H]32)C1. The number of ether oxygens (including phenoxy) is 1. The van der Waals surface area contributed by atoms with Gasteiger partial charge in [-0.2, -0.15) is 0 Å². The number of rotatable bonds is 2. The number of ketones is 1. The first kappa shape index (κ1) is 19.4.